The maximum absolute atomic E-state index is 14.0. The molecule has 0 radical (unpaired) electrons. The minimum Gasteiger partial charge on any atom is -0.508 e. The number of halogens is 1. The normalized spacial score (nSPS) is 15.8. The minimum absolute atomic E-state index is 0.00341. The van der Waals surface area contributed by atoms with Gasteiger partial charge in [0.2, 0.25) is 5.91 Å². The second-order valence-corrected chi connectivity index (χ2v) is 9.80. The molecule has 0 unspecified atom stereocenters. The standard InChI is InChI=1S/C25H26ClN5O5S/c1-13-4-7-15(11-18(13)26)31(25(35)22-19(27)20(23(28)33)30-37-22)21(14-5-8-16(32)9-6-14)24(34)29-12-17-3-2-10-36-17/h4-9,11,17,21,32H,2-3,10,12,27H2,1H3,(H2,28,33)(H,29,34)/t17-,21+/m0/s1. The van der Waals surface area contributed by atoms with Gasteiger partial charge in [0.25, 0.3) is 11.8 Å². The molecule has 37 heavy (non-hydrogen) atoms. The first-order chi connectivity index (χ1) is 17.7. The average molecular weight is 544 g/mol. The molecule has 1 fully saturated rings. The number of phenolic OH excluding ortho intramolecular Hbond substituents is 1. The Bertz CT molecular complexity index is 1320. The van der Waals surface area contributed by atoms with Gasteiger partial charge in [0.1, 0.15) is 16.7 Å². The van der Waals surface area contributed by atoms with Crippen LogP contribution in [0.5, 0.6) is 5.75 Å². The molecule has 3 amide bonds. The van der Waals surface area contributed by atoms with Crippen LogP contribution in [-0.4, -0.2) is 46.5 Å². The summed E-state index contributed by atoms with van der Waals surface area (Å²) in [5.74, 6) is -2.03. The zero-order valence-corrected chi connectivity index (χ0v) is 21.5. The van der Waals surface area contributed by atoms with Gasteiger partial charge in [-0.3, -0.25) is 19.3 Å². The third-order valence-corrected chi connectivity index (χ3v) is 7.31. The highest BCUT2D eigenvalue weighted by molar-refractivity contribution is 7.09. The van der Waals surface area contributed by atoms with Crippen molar-refractivity contribution >= 4 is 52.2 Å². The summed E-state index contributed by atoms with van der Waals surface area (Å²) in [6.45, 7) is 2.70. The SMILES string of the molecule is Cc1ccc(N(C(=O)c2snc(C(N)=O)c2N)[C@@H](C(=O)NC[C@@H]2CCCO2)c2ccc(O)cc2)cc1Cl. The lowest BCUT2D eigenvalue weighted by atomic mass is 10.0. The van der Waals surface area contributed by atoms with Crippen LogP contribution in [0.1, 0.15) is 50.2 Å². The van der Waals surface area contributed by atoms with Crippen molar-refractivity contribution in [3.63, 3.8) is 0 Å². The smallest absolute Gasteiger partial charge is 0.273 e. The van der Waals surface area contributed by atoms with Gasteiger partial charge in [-0.15, -0.1) is 0 Å². The summed E-state index contributed by atoms with van der Waals surface area (Å²) in [5.41, 5.74) is 12.5. The first-order valence-corrected chi connectivity index (χ1v) is 12.7. The number of aryl methyl sites for hydroxylation is 1. The van der Waals surface area contributed by atoms with Crippen LogP contribution in [0.15, 0.2) is 42.5 Å². The Labute approximate surface area is 222 Å². The number of primary amides is 1. The zero-order chi connectivity index (χ0) is 26.7. The summed E-state index contributed by atoms with van der Waals surface area (Å²) in [4.78, 5) is 40.6. The summed E-state index contributed by atoms with van der Waals surface area (Å²) in [6, 6.07) is 9.71. The number of nitrogens with two attached hydrogens (primary N) is 2. The topological polar surface area (TPSA) is 161 Å². The zero-order valence-electron chi connectivity index (χ0n) is 19.9. The van der Waals surface area contributed by atoms with Crippen LogP contribution in [0.25, 0.3) is 0 Å². The van der Waals surface area contributed by atoms with E-state index < -0.39 is 23.8 Å². The molecule has 1 saturated heterocycles. The Morgan fingerprint density at radius 1 is 1.27 bits per heavy atom. The van der Waals surface area contributed by atoms with Crippen LogP contribution >= 0.6 is 23.1 Å². The Balaban J connectivity index is 1.82. The van der Waals surface area contributed by atoms with E-state index in [2.05, 4.69) is 9.69 Å². The molecule has 0 aliphatic carbocycles. The van der Waals surface area contributed by atoms with E-state index in [4.69, 9.17) is 27.8 Å². The van der Waals surface area contributed by atoms with E-state index in [0.717, 1.165) is 18.4 Å². The monoisotopic (exact) mass is 543 g/mol. The summed E-state index contributed by atoms with van der Waals surface area (Å²) in [5, 5.41) is 13.1. The minimum atomic E-state index is -1.19. The summed E-state index contributed by atoms with van der Waals surface area (Å²) >= 11 is 7.11. The molecular weight excluding hydrogens is 518 g/mol. The number of nitrogens with zero attached hydrogens (tertiary/aromatic N) is 2. The van der Waals surface area contributed by atoms with Crippen LogP contribution in [0.3, 0.4) is 0 Å². The quantitative estimate of drug-likeness (QED) is 0.339. The van der Waals surface area contributed by atoms with Crippen LogP contribution < -0.4 is 21.7 Å². The third kappa shape index (κ3) is 5.68. The van der Waals surface area contributed by atoms with E-state index in [1.165, 1.54) is 17.0 Å². The van der Waals surface area contributed by atoms with Crippen molar-refractivity contribution in [2.24, 2.45) is 5.73 Å². The number of hydrogen-bond donors (Lipinski definition) is 4. The van der Waals surface area contributed by atoms with E-state index in [1.54, 1.807) is 30.3 Å². The van der Waals surface area contributed by atoms with Crippen LogP contribution in [0.2, 0.25) is 5.02 Å². The molecule has 0 saturated carbocycles. The van der Waals surface area contributed by atoms with Gasteiger partial charge in [-0.25, -0.2) is 0 Å². The maximum Gasteiger partial charge on any atom is 0.273 e. The average Bonchev–Trinajstić information content (AvgIpc) is 3.53. The molecule has 0 spiro atoms. The first-order valence-electron chi connectivity index (χ1n) is 11.5. The highest BCUT2D eigenvalue weighted by Crippen LogP contribution is 2.35. The van der Waals surface area contributed by atoms with Crippen molar-refractivity contribution in [2.45, 2.75) is 31.9 Å². The van der Waals surface area contributed by atoms with Crippen LogP contribution in [-0.2, 0) is 9.53 Å². The van der Waals surface area contributed by atoms with E-state index in [1.807, 2.05) is 6.92 Å². The van der Waals surface area contributed by atoms with Crippen molar-refractivity contribution in [2.75, 3.05) is 23.8 Å². The molecule has 12 heteroatoms. The Kier molecular flexibility index (Phi) is 7.96. The molecule has 2 heterocycles. The summed E-state index contributed by atoms with van der Waals surface area (Å²) < 4.78 is 9.56. The predicted molar refractivity (Wildman–Crippen MR) is 141 cm³/mol. The van der Waals surface area contributed by atoms with Gasteiger partial charge in [0.15, 0.2) is 5.69 Å². The lowest BCUT2D eigenvalue weighted by molar-refractivity contribution is -0.123. The van der Waals surface area contributed by atoms with Crippen molar-refractivity contribution in [1.29, 1.82) is 0 Å². The molecule has 10 nitrogen and oxygen atoms in total. The molecule has 1 aliphatic rings. The molecule has 0 bridgehead atoms. The largest absolute Gasteiger partial charge is 0.508 e. The van der Waals surface area contributed by atoms with Crippen molar-refractivity contribution in [3.8, 4) is 5.75 Å². The number of rotatable bonds is 8. The van der Waals surface area contributed by atoms with Crippen molar-refractivity contribution in [3.05, 3.63) is 69.2 Å². The molecule has 2 atom stereocenters. The fourth-order valence-corrected chi connectivity index (χ4v) is 4.96. The van der Waals surface area contributed by atoms with Gasteiger partial charge in [-0.1, -0.05) is 29.8 Å². The second-order valence-electron chi connectivity index (χ2n) is 8.62. The number of hydrogen-bond acceptors (Lipinski definition) is 8. The van der Waals surface area contributed by atoms with Gasteiger partial charge in [0.05, 0.1) is 11.8 Å². The number of amides is 3. The molecule has 1 aromatic heterocycles. The molecule has 3 aromatic rings. The molecular formula is C25H26ClN5O5S. The first kappa shape index (κ1) is 26.4. The molecule has 4 rings (SSSR count). The fourth-order valence-electron chi connectivity index (χ4n) is 4.04. The number of aromatic nitrogens is 1. The van der Waals surface area contributed by atoms with E-state index in [-0.39, 0.29) is 34.7 Å². The number of nitrogen functional groups attached to an aromatic ring is 1. The number of benzene rings is 2. The molecule has 1 aliphatic heterocycles. The Hall–Kier alpha value is -3.67. The van der Waals surface area contributed by atoms with Gasteiger partial charge in [-0.2, -0.15) is 4.37 Å². The fraction of sp³-hybridized carbons (Fsp3) is 0.280. The molecule has 2 aromatic carbocycles. The molecule has 6 N–H and O–H groups in total. The second kappa shape index (κ2) is 11.2. The number of anilines is 2. The summed E-state index contributed by atoms with van der Waals surface area (Å²) in [7, 11) is 0. The highest BCUT2D eigenvalue weighted by Gasteiger charge is 2.36. The van der Waals surface area contributed by atoms with Gasteiger partial charge in [0, 0.05) is 23.9 Å². The van der Waals surface area contributed by atoms with Crippen molar-refractivity contribution in [1.82, 2.24) is 9.69 Å². The third-order valence-electron chi connectivity index (χ3n) is 6.05. The van der Waals surface area contributed by atoms with E-state index >= 15 is 0 Å². The lowest BCUT2D eigenvalue weighted by Crippen LogP contribution is -2.45. The van der Waals surface area contributed by atoms with E-state index in [0.29, 0.717) is 34.4 Å². The number of carbonyl (C=O) groups excluding carboxylic acids is 3. The number of ether oxygens (including phenoxy) is 1. The number of aromatic hydroxyl groups is 1. The Morgan fingerprint density at radius 3 is 2.59 bits per heavy atom. The Morgan fingerprint density at radius 2 is 2.00 bits per heavy atom. The number of nitrogens with one attached hydrogen (secondary N) is 1. The highest BCUT2D eigenvalue weighted by atomic mass is 35.5. The van der Waals surface area contributed by atoms with Crippen LogP contribution in [0.4, 0.5) is 11.4 Å². The van der Waals surface area contributed by atoms with Gasteiger partial charge in [-0.05, 0) is 66.7 Å². The number of carbonyl (C=O) groups is 3. The van der Waals surface area contributed by atoms with Gasteiger partial charge < -0.3 is 26.6 Å². The molecule has 194 valence electrons. The maximum atomic E-state index is 14.0. The lowest BCUT2D eigenvalue weighted by Gasteiger charge is -2.32. The summed E-state index contributed by atoms with van der Waals surface area (Å²) in [6.07, 6.45) is 1.59. The van der Waals surface area contributed by atoms with E-state index in [9.17, 15) is 19.5 Å². The predicted octanol–water partition coefficient (Wildman–Crippen LogP) is 3.17. The van der Waals surface area contributed by atoms with Crippen LogP contribution in [0, 0.1) is 6.92 Å². The van der Waals surface area contributed by atoms with Gasteiger partial charge >= 0.3 is 0 Å². The number of phenols is 1. The van der Waals surface area contributed by atoms with Crippen molar-refractivity contribution < 1.29 is 24.2 Å².